The topological polar surface area (TPSA) is 75.9 Å². The molecule has 3 rings (SSSR count). The number of sulfonamides is 1. The molecule has 2 aliphatic heterocycles. The van der Waals surface area contributed by atoms with E-state index in [2.05, 4.69) is 21.9 Å². The first-order valence-electron chi connectivity index (χ1n) is 7.21. The summed E-state index contributed by atoms with van der Waals surface area (Å²) in [6, 6.07) is 1.66. The summed E-state index contributed by atoms with van der Waals surface area (Å²) < 4.78 is 31.8. The van der Waals surface area contributed by atoms with E-state index in [0.717, 1.165) is 48.3 Å². The molecule has 1 aromatic heterocycles. The summed E-state index contributed by atoms with van der Waals surface area (Å²) in [5, 5.41) is 5.25. The normalized spacial score (nSPS) is 19.3. The van der Waals surface area contributed by atoms with Crippen LogP contribution in [0.15, 0.2) is 32.8 Å². The summed E-state index contributed by atoms with van der Waals surface area (Å²) in [4.78, 5) is 2.34. The predicted molar refractivity (Wildman–Crippen MR) is 93.7 cm³/mol. The van der Waals surface area contributed by atoms with Gasteiger partial charge in [0.15, 0.2) is 0 Å². The van der Waals surface area contributed by atoms with E-state index in [1.54, 1.807) is 18.0 Å². The Bertz CT molecular complexity index is 721. The fourth-order valence-electron chi connectivity index (χ4n) is 2.47. The van der Waals surface area contributed by atoms with Crippen LogP contribution in [0.3, 0.4) is 0 Å². The van der Waals surface area contributed by atoms with Gasteiger partial charge in [-0.05, 0) is 24.1 Å². The van der Waals surface area contributed by atoms with E-state index in [1.165, 1.54) is 11.3 Å². The minimum Gasteiger partial charge on any atom is -0.379 e. The summed E-state index contributed by atoms with van der Waals surface area (Å²) in [5.74, 6) is 0. The van der Waals surface area contributed by atoms with Gasteiger partial charge in [0.05, 0.1) is 17.4 Å². The van der Waals surface area contributed by atoms with Gasteiger partial charge >= 0.3 is 0 Å². The summed E-state index contributed by atoms with van der Waals surface area (Å²) in [5.41, 5.74) is 2.07. The molecule has 9 heteroatoms. The Morgan fingerprint density at radius 1 is 1.39 bits per heavy atom. The first-order valence-corrected chi connectivity index (χ1v) is 10.3. The molecule has 3 heterocycles. The largest absolute Gasteiger partial charge is 0.379 e. The Balaban J connectivity index is 1.87. The zero-order valence-corrected chi connectivity index (χ0v) is 15.1. The van der Waals surface area contributed by atoms with Gasteiger partial charge in [0.2, 0.25) is 10.0 Å². The van der Waals surface area contributed by atoms with Crippen molar-refractivity contribution in [2.45, 2.75) is 8.42 Å². The molecule has 1 aromatic rings. The van der Waals surface area contributed by atoms with Crippen LogP contribution in [0.2, 0.25) is 0 Å². The Hall–Kier alpha value is -0.840. The third kappa shape index (κ3) is 3.98. The summed E-state index contributed by atoms with van der Waals surface area (Å²) in [6.45, 7) is 8.63. The highest BCUT2D eigenvalue weighted by Crippen LogP contribution is 2.42. The van der Waals surface area contributed by atoms with Crippen LogP contribution in [-0.4, -0.2) is 57.0 Å². The van der Waals surface area contributed by atoms with Crippen LogP contribution in [0.5, 0.6) is 0 Å². The monoisotopic (exact) mass is 373 g/mol. The van der Waals surface area contributed by atoms with E-state index in [4.69, 9.17) is 9.88 Å². The number of thiophene rings is 1. The van der Waals surface area contributed by atoms with E-state index in [-0.39, 0.29) is 4.21 Å². The molecule has 2 aliphatic rings. The van der Waals surface area contributed by atoms with Crippen LogP contribution in [0.4, 0.5) is 0 Å². The van der Waals surface area contributed by atoms with E-state index >= 15 is 0 Å². The highest BCUT2D eigenvalue weighted by Gasteiger charge is 2.25. The van der Waals surface area contributed by atoms with E-state index in [0.29, 0.717) is 6.54 Å². The van der Waals surface area contributed by atoms with E-state index in [9.17, 15) is 8.42 Å². The first-order chi connectivity index (χ1) is 11.0. The zero-order valence-electron chi connectivity index (χ0n) is 12.6. The minimum atomic E-state index is -3.66. The Morgan fingerprint density at radius 2 is 2.13 bits per heavy atom. The molecule has 1 fully saturated rings. The average molecular weight is 374 g/mol. The van der Waals surface area contributed by atoms with Crippen LogP contribution in [-0.2, 0) is 14.8 Å². The number of ether oxygens (including phenoxy) is 1. The van der Waals surface area contributed by atoms with Crippen LogP contribution in [0.1, 0.15) is 5.56 Å². The molecule has 0 bridgehead atoms. The number of hydrogen-bond acceptors (Lipinski definition) is 7. The number of morpholine rings is 1. The summed E-state index contributed by atoms with van der Waals surface area (Å²) in [6.07, 6.45) is 3.90. The number of nitrogens with zero attached hydrogens (tertiary/aromatic N) is 2. The van der Waals surface area contributed by atoms with Crippen LogP contribution in [0.25, 0.3) is 6.08 Å². The molecule has 0 atom stereocenters. The maximum Gasteiger partial charge on any atom is 0.247 e. The number of primary sulfonamides is 1. The molecule has 2 N–H and O–H groups in total. The van der Waals surface area contributed by atoms with E-state index < -0.39 is 10.0 Å². The second-order valence-electron chi connectivity index (χ2n) is 5.32. The van der Waals surface area contributed by atoms with Crippen molar-refractivity contribution in [3.63, 3.8) is 0 Å². The van der Waals surface area contributed by atoms with Gasteiger partial charge in [-0.3, -0.25) is 4.90 Å². The third-order valence-corrected chi connectivity index (χ3v) is 7.45. The van der Waals surface area contributed by atoms with Crippen molar-refractivity contribution in [2.24, 2.45) is 5.14 Å². The lowest BCUT2D eigenvalue weighted by atomic mass is 10.2. The highest BCUT2D eigenvalue weighted by atomic mass is 32.3. The molecule has 1 saturated heterocycles. The van der Waals surface area contributed by atoms with Gasteiger partial charge in [0.25, 0.3) is 0 Å². The molecule has 0 spiro atoms. The lowest BCUT2D eigenvalue weighted by Crippen LogP contribution is -2.39. The van der Waals surface area contributed by atoms with Crippen molar-refractivity contribution in [1.29, 1.82) is 0 Å². The number of nitrogens with two attached hydrogens (primary N) is 1. The highest BCUT2D eigenvalue weighted by molar-refractivity contribution is 7.99. The van der Waals surface area contributed by atoms with Crippen LogP contribution >= 0.6 is 23.3 Å². The molecule has 6 nitrogen and oxygen atoms in total. The van der Waals surface area contributed by atoms with Gasteiger partial charge in [-0.2, -0.15) is 0 Å². The van der Waals surface area contributed by atoms with Crippen molar-refractivity contribution in [3.8, 4) is 0 Å². The Morgan fingerprint density at radius 3 is 2.78 bits per heavy atom. The predicted octanol–water partition coefficient (Wildman–Crippen LogP) is 1.58. The minimum absolute atomic E-state index is 0.206. The van der Waals surface area contributed by atoms with Crippen LogP contribution < -0.4 is 5.14 Å². The molecular weight excluding hydrogens is 354 g/mol. The van der Waals surface area contributed by atoms with Gasteiger partial charge in [0, 0.05) is 37.4 Å². The van der Waals surface area contributed by atoms with Crippen molar-refractivity contribution in [2.75, 3.05) is 39.4 Å². The fraction of sp³-hybridized carbons (Fsp3) is 0.429. The van der Waals surface area contributed by atoms with Crippen molar-refractivity contribution in [1.82, 2.24) is 9.21 Å². The van der Waals surface area contributed by atoms with E-state index in [1.807, 2.05) is 6.08 Å². The smallest absolute Gasteiger partial charge is 0.247 e. The Labute approximate surface area is 144 Å². The summed E-state index contributed by atoms with van der Waals surface area (Å²) in [7, 11) is -3.66. The quantitative estimate of drug-likeness (QED) is 0.624. The maximum absolute atomic E-state index is 11.6. The molecule has 0 radical (unpaired) electrons. The second kappa shape index (κ2) is 6.96. The SMILES string of the molecule is C=CCN1Sc2sc(S(N)(=O)=O)cc2C=C1CN1CCOCC1. The van der Waals surface area contributed by atoms with Gasteiger partial charge < -0.3 is 9.04 Å². The zero-order chi connectivity index (χ0) is 16.4. The van der Waals surface area contributed by atoms with Gasteiger partial charge in [-0.15, -0.1) is 17.9 Å². The van der Waals surface area contributed by atoms with Gasteiger partial charge in [-0.25, -0.2) is 13.6 Å². The van der Waals surface area contributed by atoms with Crippen LogP contribution in [0, 0.1) is 0 Å². The maximum atomic E-state index is 11.6. The molecule has 0 unspecified atom stereocenters. The lowest BCUT2D eigenvalue weighted by Gasteiger charge is -2.33. The van der Waals surface area contributed by atoms with Gasteiger partial charge in [0.1, 0.15) is 4.21 Å². The second-order valence-corrected chi connectivity index (χ2v) is 9.45. The molecule has 0 amide bonds. The Kier molecular flexibility index (Phi) is 5.14. The molecular formula is C14H19N3O3S3. The molecule has 126 valence electrons. The number of hydrogen-bond donors (Lipinski definition) is 1. The molecule has 23 heavy (non-hydrogen) atoms. The molecule has 0 aromatic carbocycles. The van der Waals surface area contributed by atoms with Crippen molar-refractivity contribution in [3.05, 3.63) is 30.0 Å². The third-order valence-electron chi connectivity index (χ3n) is 3.60. The lowest BCUT2D eigenvalue weighted by molar-refractivity contribution is 0.0408. The van der Waals surface area contributed by atoms with Crippen molar-refractivity contribution < 1.29 is 13.2 Å². The fourth-order valence-corrected chi connectivity index (χ4v) is 5.76. The standard InChI is InChI=1S/C14H19N3O3S3/c1-2-3-17-12(10-16-4-6-20-7-5-16)8-11-9-13(23(15,18)19)21-14(11)22-17/h2,8-9H,1,3-7,10H2,(H2,15,18,19). The molecule has 0 aliphatic carbocycles. The molecule has 0 saturated carbocycles. The van der Waals surface area contributed by atoms with Gasteiger partial charge in [-0.1, -0.05) is 6.08 Å². The first kappa shape index (κ1) is 17.0. The number of fused-ring (bicyclic) bond motifs is 1. The average Bonchev–Trinajstić information content (AvgIpc) is 2.92. The summed E-state index contributed by atoms with van der Waals surface area (Å²) >= 11 is 2.77. The van der Waals surface area contributed by atoms with Crippen molar-refractivity contribution >= 4 is 39.4 Å². The number of rotatable bonds is 5.